The number of aromatic nitrogens is 5. The number of aromatic hydroxyl groups is 2. The molecule has 2 aromatic heterocycles. The van der Waals surface area contributed by atoms with E-state index in [1.807, 2.05) is 6.07 Å². The van der Waals surface area contributed by atoms with Crippen molar-refractivity contribution in [3.63, 3.8) is 0 Å². The maximum Gasteiger partial charge on any atom is 0.294 e. The van der Waals surface area contributed by atoms with Gasteiger partial charge >= 0.3 is 0 Å². The molecule has 150 valence electrons. The van der Waals surface area contributed by atoms with Gasteiger partial charge in [0.25, 0.3) is 5.91 Å². The number of amides is 1. The maximum absolute atomic E-state index is 12.7. The molecule has 0 saturated carbocycles. The lowest BCUT2D eigenvalue weighted by Crippen LogP contribution is -2.19. The van der Waals surface area contributed by atoms with Crippen LogP contribution in [0.1, 0.15) is 16.1 Å². The molecule has 0 spiro atoms. The van der Waals surface area contributed by atoms with Crippen molar-refractivity contribution in [1.82, 2.24) is 30.7 Å². The number of anilines is 1. The second-order valence-corrected chi connectivity index (χ2v) is 5.98. The third-order valence-corrected chi connectivity index (χ3v) is 4.01. The SMILES string of the molecule is Nc1nonc1-n1nnc(C(=O)NN=Cc2ccc(O)c(O)c2)c1-c1ccccc1. The topological polar surface area (TPSA) is 178 Å². The van der Waals surface area contributed by atoms with Crippen molar-refractivity contribution in [2.24, 2.45) is 5.10 Å². The van der Waals surface area contributed by atoms with E-state index in [-0.39, 0.29) is 28.8 Å². The number of hydrazone groups is 1. The zero-order valence-electron chi connectivity index (χ0n) is 15.2. The Labute approximate surface area is 168 Å². The van der Waals surface area contributed by atoms with Gasteiger partial charge in [0, 0.05) is 5.56 Å². The molecule has 2 aromatic carbocycles. The Hall–Kier alpha value is -4.74. The summed E-state index contributed by atoms with van der Waals surface area (Å²) in [6.45, 7) is 0. The van der Waals surface area contributed by atoms with Gasteiger partial charge in [0.2, 0.25) is 11.6 Å². The fraction of sp³-hybridized carbons (Fsp3) is 0. The van der Waals surface area contributed by atoms with E-state index in [9.17, 15) is 15.0 Å². The quantitative estimate of drug-likeness (QED) is 0.214. The van der Waals surface area contributed by atoms with E-state index in [1.54, 1.807) is 24.3 Å². The van der Waals surface area contributed by atoms with Crippen LogP contribution in [0, 0.1) is 0 Å². The maximum atomic E-state index is 12.7. The molecule has 12 nitrogen and oxygen atoms in total. The molecule has 5 N–H and O–H groups in total. The largest absolute Gasteiger partial charge is 0.504 e. The van der Waals surface area contributed by atoms with Crippen LogP contribution in [0.4, 0.5) is 5.82 Å². The second-order valence-electron chi connectivity index (χ2n) is 5.98. The molecule has 12 heteroatoms. The predicted molar refractivity (Wildman–Crippen MR) is 104 cm³/mol. The van der Waals surface area contributed by atoms with Crippen molar-refractivity contribution in [3.05, 3.63) is 59.8 Å². The van der Waals surface area contributed by atoms with Crippen LogP contribution in [-0.2, 0) is 0 Å². The second kappa shape index (κ2) is 7.71. The van der Waals surface area contributed by atoms with Crippen LogP contribution in [0.2, 0.25) is 0 Å². The first kappa shape index (κ1) is 18.6. The number of phenolic OH excluding ortho intramolecular Hbond substituents is 2. The first-order valence-corrected chi connectivity index (χ1v) is 8.49. The van der Waals surface area contributed by atoms with Gasteiger partial charge in [-0.1, -0.05) is 35.5 Å². The third-order valence-electron chi connectivity index (χ3n) is 4.01. The number of phenols is 2. The molecule has 0 bridgehead atoms. The number of carbonyl (C=O) groups is 1. The Morgan fingerprint density at radius 3 is 2.63 bits per heavy atom. The van der Waals surface area contributed by atoms with Gasteiger partial charge in [-0.2, -0.15) is 9.78 Å². The van der Waals surface area contributed by atoms with Crippen molar-refractivity contribution >= 4 is 17.9 Å². The summed E-state index contributed by atoms with van der Waals surface area (Å²) in [5.41, 5.74) is 9.46. The molecular weight excluding hydrogens is 392 g/mol. The first-order valence-electron chi connectivity index (χ1n) is 8.49. The Kier molecular flexibility index (Phi) is 4.78. The minimum atomic E-state index is -0.644. The van der Waals surface area contributed by atoms with Gasteiger partial charge in [0.15, 0.2) is 17.2 Å². The highest BCUT2D eigenvalue weighted by molar-refractivity contribution is 5.98. The average molecular weight is 406 g/mol. The van der Waals surface area contributed by atoms with Crippen molar-refractivity contribution in [3.8, 4) is 28.6 Å². The van der Waals surface area contributed by atoms with Crippen LogP contribution < -0.4 is 11.2 Å². The number of hydrogen-bond donors (Lipinski definition) is 4. The number of rotatable bonds is 5. The van der Waals surface area contributed by atoms with Crippen molar-refractivity contribution in [2.75, 3.05) is 5.73 Å². The minimum absolute atomic E-state index is 0.0193. The Morgan fingerprint density at radius 2 is 1.93 bits per heavy atom. The number of nitrogen functional groups attached to an aromatic ring is 1. The molecule has 4 aromatic rings. The summed E-state index contributed by atoms with van der Waals surface area (Å²) < 4.78 is 5.86. The smallest absolute Gasteiger partial charge is 0.294 e. The van der Waals surface area contributed by atoms with Crippen LogP contribution in [0.3, 0.4) is 0 Å². The molecule has 0 unspecified atom stereocenters. The highest BCUT2D eigenvalue weighted by Crippen LogP contribution is 2.26. The molecule has 1 amide bonds. The number of hydrogen-bond acceptors (Lipinski definition) is 10. The van der Waals surface area contributed by atoms with E-state index >= 15 is 0 Å². The van der Waals surface area contributed by atoms with E-state index in [4.69, 9.17) is 5.73 Å². The fourth-order valence-electron chi connectivity index (χ4n) is 2.62. The first-order chi connectivity index (χ1) is 14.5. The summed E-state index contributed by atoms with van der Waals surface area (Å²) in [5, 5.41) is 37.8. The Morgan fingerprint density at radius 1 is 1.13 bits per heavy atom. The summed E-state index contributed by atoms with van der Waals surface area (Å²) in [5.74, 6) is -1.15. The molecule has 4 rings (SSSR count). The van der Waals surface area contributed by atoms with Crippen LogP contribution in [0.15, 0.2) is 58.3 Å². The van der Waals surface area contributed by atoms with Gasteiger partial charge in [-0.25, -0.2) is 10.1 Å². The van der Waals surface area contributed by atoms with Crippen LogP contribution in [0.5, 0.6) is 11.5 Å². The minimum Gasteiger partial charge on any atom is -0.504 e. The molecule has 0 aliphatic heterocycles. The fourth-order valence-corrected chi connectivity index (χ4v) is 2.62. The zero-order chi connectivity index (χ0) is 21.1. The molecule has 0 radical (unpaired) electrons. The lowest BCUT2D eigenvalue weighted by molar-refractivity contribution is 0.0950. The van der Waals surface area contributed by atoms with Crippen LogP contribution >= 0.6 is 0 Å². The Bertz CT molecular complexity index is 1230. The summed E-state index contributed by atoms with van der Waals surface area (Å²) in [6.07, 6.45) is 1.29. The number of nitrogens with two attached hydrogens (primary N) is 1. The third kappa shape index (κ3) is 3.52. The number of carbonyl (C=O) groups excluding carboxylic acids is 1. The van der Waals surface area contributed by atoms with Gasteiger partial charge in [-0.05, 0) is 34.1 Å². The lowest BCUT2D eigenvalue weighted by atomic mass is 10.1. The molecular formula is C18H14N8O4. The summed E-state index contributed by atoms with van der Waals surface area (Å²) in [4.78, 5) is 12.7. The van der Waals surface area contributed by atoms with E-state index < -0.39 is 5.91 Å². The van der Waals surface area contributed by atoms with E-state index in [2.05, 4.69) is 35.8 Å². The van der Waals surface area contributed by atoms with E-state index in [0.717, 1.165) is 0 Å². The number of nitrogens with one attached hydrogen (secondary N) is 1. The summed E-state index contributed by atoms with van der Waals surface area (Å²) in [7, 11) is 0. The van der Waals surface area contributed by atoms with Crippen LogP contribution in [-0.4, -0.2) is 47.6 Å². The normalized spacial score (nSPS) is 11.1. The lowest BCUT2D eigenvalue weighted by Gasteiger charge is -2.05. The molecule has 0 aliphatic carbocycles. The van der Waals surface area contributed by atoms with Crippen molar-refractivity contribution in [1.29, 1.82) is 0 Å². The molecule has 0 aliphatic rings. The summed E-state index contributed by atoms with van der Waals surface area (Å²) >= 11 is 0. The molecule has 0 fully saturated rings. The highest BCUT2D eigenvalue weighted by atomic mass is 16.6. The van der Waals surface area contributed by atoms with Crippen LogP contribution in [0.25, 0.3) is 17.1 Å². The number of nitrogens with zero attached hydrogens (tertiary/aromatic N) is 6. The Balaban J connectivity index is 1.66. The molecule has 30 heavy (non-hydrogen) atoms. The van der Waals surface area contributed by atoms with Gasteiger partial charge in [-0.15, -0.1) is 5.10 Å². The van der Waals surface area contributed by atoms with Gasteiger partial charge < -0.3 is 15.9 Å². The van der Waals surface area contributed by atoms with Gasteiger partial charge in [-0.3, -0.25) is 4.79 Å². The van der Waals surface area contributed by atoms with Gasteiger partial charge in [0.1, 0.15) is 5.69 Å². The monoisotopic (exact) mass is 406 g/mol. The standard InChI is InChI=1S/C18H14N8O4/c19-16-17(24-30-23-16)26-15(11-4-2-1-3-5-11)14(21-25-26)18(29)22-20-9-10-6-7-12(27)13(28)8-10/h1-9,27-28H,(H2,19,23)(H,22,29). The van der Waals surface area contributed by atoms with E-state index in [0.29, 0.717) is 16.8 Å². The highest BCUT2D eigenvalue weighted by Gasteiger charge is 2.24. The predicted octanol–water partition coefficient (Wildman–Crippen LogP) is 1.07. The van der Waals surface area contributed by atoms with Gasteiger partial charge in [0.05, 0.1) is 6.21 Å². The molecule has 0 saturated heterocycles. The summed E-state index contributed by atoms with van der Waals surface area (Å²) in [6, 6.07) is 13.0. The molecule has 2 heterocycles. The van der Waals surface area contributed by atoms with Crippen molar-refractivity contribution in [2.45, 2.75) is 0 Å². The average Bonchev–Trinajstić information content (AvgIpc) is 3.37. The molecule has 0 atom stereocenters. The zero-order valence-corrected chi connectivity index (χ0v) is 15.2. The van der Waals surface area contributed by atoms with Crippen molar-refractivity contribution < 1.29 is 19.6 Å². The number of benzene rings is 2. The van der Waals surface area contributed by atoms with E-state index in [1.165, 1.54) is 29.1 Å².